The van der Waals surface area contributed by atoms with E-state index in [0.717, 1.165) is 163 Å². The minimum atomic E-state index is -0.749. The van der Waals surface area contributed by atoms with Crippen LogP contribution in [0.4, 0.5) is 20.2 Å². The highest BCUT2D eigenvalue weighted by atomic mass is 19.1. The highest BCUT2D eigenvalue weighted by Gasteiger charge is 2.52. The Hall–Kier alpha value is -6.16. The van der Waals surface area contributed by atoms with Crippen molar-refractivity contribution < 1.29 is 28.0 Å². The first-order valence-corrected chi connectivity index (χ1v) is 34.6. The van der Waals surface area contributed by atoms with Gasteiger partial charge in [0.05, 0.1) is 29.9 Å². The Balaban J connectivity index is 0.835. The number of unbranched alkanes of at least 4 members (excludes halogenated alkanes) is 8. The highest BCUT2D eigenvalue weighted by molar-refractivity contribution is 5.98. The third kappa shape index (κ3) is 16.5. The summed E-state index contributed by atoms with van der Waals surface area (Å²) in [5.41, 5.74) is 15.8. The number of anilines is 2. The van der Waals surface area contributed by atoms with Gasteiger partial charge in [0.1, 0.15) is 11.6 Å². The first-order valence-electron chi connectivity index (χ1n) is 34.6. The zero-order valence-corrected chi connectivity index (χ0v) is 55.7. The van der Waals surface area contributed by atoms with Crippen molar-refractivity contribution in [1.29, 1.82) is 0 Å². The van der Waals surface area contributed by atoms with E-state index in [2.05, 4.69) is 81.7 Å². The fourth-order valence-electron chi connectivity index (χ4n) is 16.5. The van der Waals surface area contributed by atoms with Crippen LogP contribution in [-0.4, -0.2) is 169 Å². The highest BCUT2D eigenvalue weighted by Crippen LogP contribution is 2.49. The quantitative estimate of drug-likeness (QED) is 0.0320. The molecule has 2 aromatic carbocycles. The zero-order valence-electron chi connectivity index (χ0n) is 55.7. The lowest BCUT2D eigenvalue weighted by atomic mass is 9.59. The second kappa shape index (κ2) is 30.1. The van der Waals surface area contributed by atoms with E-state index in [4.69, 9.17) is 11.5 Å². The number of primary amides is 2. The summed E-state index contributed by atoms with van der Waals surface area (Å²) in [7, 11) is 0. The van der Waals surface area contributed by atoms with Gasteiger partial charge in [-0.15, -0.1) is 0 Å². The van der Waals surface area contributed by atoms with Crippen LogP contribution in [-0.2, 0) is 42.8 Å². The van der Waals surface area contributed by atoms with Gasteiger partial charge in [-0.05, 0) is 125 Å². The van der Waals surface area contributed by atoms with E-state index in [-0.39, 0.29) is 95.5 Å². The molecule has 0 aliphatic carbocycles. The predicted molar refractivity (Wildman–Crippen MR) is 359 cm³/mol. The smallest absolute Gasteiger partial charge is 0.251 e. The van der Waals surface area contributed by atoms with E-state index < -0.39 is 16.2 Å². The zero-order chi connectivity index (χ0) is 65.5. The van der Waals surface area contributed by atoms with Crippen LogP contribution < -0.4 is 43.0 Å². The molecule has 8 N–H and O–H groups in total. The van der Waals surface area contributed by atoms with Gasteiger partial charge in [-0.3, -0.25) is 38.6 Å². The summed E-state index contributed by atoms with van der Waals surface area (Å²) in [6.07, 6.45) is 14.8. The number of H-pyrrole nitrogens is 2. The van der Waals surface area contributed by atoms with E-state index in [1.807, 2.05) is 21.9 Å². The molecule has 0 spiro atoms. The van der Waals surface area contributed by atoms with Gasteiger partial charge >= 0.3 is 0 Å². The van der Waals surface area contributed by atoms with Gasteiger partial charge in [-0.25, -0.2) is 8.78 Å². The number of halogens is 2. The van der Waals surface area contributed by atoms with Crippen molar-refractivity contribution in [2.45, 2.75) is 186 Å². The fraction of sp³-hybridized carbons (Fsp3) is 0.639. The number of aromatic nitrogens is 2. The number of rotatable bonds is 27. The van der Waals surface area contributed by atoms with E-state index in [1.54, 1.807) is 24.3 Å². The molecule has 6 aliphatic rings. The van der Waals surface area contributed by atoms with Crippen LogP contribution in [0.25, 0.3) is 0 Å². The number of aromatic amines is 2. The molecular formula is C72H104F2N12O6. The predicted octanol–water partition coefficient (Wildman–Crippen LogP) is 7.47. The lowest BCUT2D eigenvalue weighted by Gasteiger charge is -2.52. The summed E-state index contributed by atoms with van der Waals surface area (Å²) in [5, 5.41) is 7.45. The molecule has 18 nitrogen and oxygen atoms in total. The van der Waals surface area contributed by atoms with Crippen LogP contribution in [0.3, 0.4) is 0 Å². The van der Waals surface area contributed by atoms with Gasteiger partial charge in [-0.1, -0.05) is 103 Å². The maximum absolute atomic E-state index is 14.9. The number of hydrogen-bond acceptors (Lipinski definition) is 12. The standard InChI is InChI=1S/C72H104F2N12O6/c1-48-38-83(44-63(88)85-46-70(3,4)65-60(85)34-52(67(90)79-65)32-50-21-25-56(73)26-22-50)58(36-77-48)42-81-30-16-18-54(40-81)72(69(76)92,29-15-13-11-9-7-8-10-12-14-20-62(75)87)55-19-17-31-82(41-55)43-59-37-78-49(2)39-84(59)45-64(89)86-47-71(5,6)66-61(86)35-53(68(91)80-66)33-51-23-27-57(74)28-24-51/h21-28,34-35,48-49,54-55,58-59,77-78H,7-20,29-33,36-47H2,1-6H3,(H2,75,87)(H2,76,92)(H,79,90)(H,80,91)/t48-,49-,54?,55?,58-,59-,72?/m1/s1. The van der Waals surface area contributed by atoms with Crippen molar-refractivity contribution in [2.24, 2.45) is 28.7 Å². The van der Waals surface area contributed by atoms with Gasteiger partial charge in [-0.2, -0.15) is 0 Å². The number of hydrogen-bond donors (Lipinski definition) is 6. The number of carbonyl (C=O) groups is 4. The molecule has 92 heavy (non-hydrogen) atoms. The Morgan fingerprint density at radius 3 is 1.38 bits per heavy atom. The Kier molecular flexibility index (Phi) is 22.4. The Morgan fingerprint density at radius 1 is 0.576 bits per heavy atom. The average molecular weight is 1270 g/mol. The van der Waals surface area contributed by atoms with E-state index in [9.17, 15) is 37.5 Å². The first kappa shape index (κ1) is 68.7. The van der Waals surface area contributed by atoms with Crippen molar-refractivity contribution in [3.8, 4) is 0 Å². The number of nitrogens with two attached hydrogens (primary N) is 2. The molecule has 6 aliphatic heterocycles. The largest absolute Gasteiger partial charge is 0.370 e. The molecule has 4 aromatic rings. The lowest BCUT2D eigenvalue weighted by molar-refractivity contribution is -0.141. The molecule has 4 fully saturated rings. The molecule has 0 bridgehead atoms. The van der Waals surface area contributed by atoms with Crippen LogP contribution in [0.5, 0.6) is 0 Å². The van der Waals surface area contributed by atoms with Crippen molar-refractivity contribution >= 4 is 35.0 Å². The summed E-state index contributed by atoms with van der Waals surface area (Å²) in [4.78, 5) is 103. The van der Waals surface area contributed by atoms with Gasteiger partial charge in [0, 0.05) is 142 Å². The second-order valence-corrected chi connectivity index (χ2v) is 29.6. The maximum Gasteiger partial charge on any atom is 0.251 e. The van der Waals surface area contributed by atoms with Gasteiger partial charge in [0.2, 0.25) is 23.6 Å². The molecule has 502 valence electrons. The Labute approximate surface area is 543 Å². The van der Waals surface area contributed by atoms with Crippen LogP contribution >= 0.6 is 0 Å². The summed E-state index contributed by atoms with van der Waals surface area (Å²) in [5.74, 6) is -1.10. The average Bonchev–Trinajstić information content (AvgIpc) is 1.47. The molecule has 8 heterocycles. The Morgan fingerprint density at radius 2 is 0.978 bits per heavy atom. The number of benzene rings is 2. The number of piperazine rings is 2. The van der Waals surface area contributed by atoms with Gasteiger partial charge in [0.15, 0.2) is 0 Å². The number of nitrogens with zero attached hydrogens (tertiary/aromatic N) is 6. The molecule has 2 aromatic heterocycles. The third-order valence-electron chi connectivity index (χ3n) is 21.5. The maximum atomic E-state index is 14.9. The minimum Gasteiger partial charge on any atom is -0.370 e. The second-order valence-electron chi connectivity index (χ2n) is 29.6. The van der Waals surface area contributed by atoms with Gasteiger partial charge < -0.3 is 51.7 Å². The molecular weight excluding hydrogens is 1170 g/mol. The van der Waals surface area contributed by atoms with Crippen molar-refractivity contribution in [3.05, 3.63) is 127 Å². The third-order valence-corrected chi connectivity index (χ3v) is 21.5. The number of piperidine rings is 2. The van der Waals surface area contributed by atoms with Gasteiger partial charge in [0.25, 0.3) is 11.1 Å². The van der Waals surface area contributed by atoms with Crippen molar-refractivity contribution in [2.75, 3.05) is 101 Å². The SMILES string of the molecule is C[C@@H]1CN(CC(=O)N2CC(C)(C)c3[nH]c(=O)c(Cc4ccc(F)cc4)cc32)[C@@H](CN2CCCC(C(CCCCCCCCCCCC(N)=O)(C(N)=O)C3CCCN(C[C@H]4CN[C@H](C)CN4CC(=O)N4CC(C)(C)c5[nH]c(=O)c(Cc6ccc(F)cc6)cc54)C3)C2)CN1. The molecule has 2 unspecified atom stereocenters. The van der Waals surface area contributed by atoms with Crippen molar-refractivity contribution in [1.82, 2.24) is 40.2 Å². The van der Waals surface area contributed by atoms with E-state index >= 15 is 0 Å². The summed E-state index contributed by atoms with van der Waals surface area (Å²) in [6.45, 7) is 21.3. The molecule has 4 saturated heterocycles. The van der Waals surface area contributed by atoms with Crippen LogP contribution in [0.2, 0.25) is 0 Å². The monoisotopic (exact) mass is 1270 g/mol. The molecule has 4 amide bonds. The topological polar surface area (TPSA) is 230 Å². The van der Waals surface area contributed by atoms with Crippen molar-refractivity contribution in [3.63, 3.8) is 0 Å². The molecule has 10 rings (SSSR count). The molecule has 20 heteroatoms. The van der Waals surface area contributed by atoms with Crippen LogP contribution in [0, 0.1) is 28.9 Å². The number of carbonyl (C=O) groups excluding carboxylic acids is 4. The number of likely N-dealkylation sites (tertiary alicyclic amines) is 2. The number of nitrogens with one attached hydrogen (secondary N) is 4. The fourth-order valence-corrected chi connectivity index (χ4v) is 16.5. The normalized spacial score (nSPS) is 24.3. The summed E-state index contributed by atoms with van der Waals surface area (Å²) in [6, 6.07) is 16.4. The summed E-state index contributed by atoms with van der Waals surface area (Å²) >= 11 is 0. The molecule has 0 radical (unpaired) electrons. The summed E-state index contributed by atoms with van der Waals surface area (Å²) < 4.78 is 27.7. The van der Waals surface area contributed by atoms with E-state index in [1.165, 1.54) is 24.3 Å². The first-order chi connectivity index (χ1) is 44.0. The molecule has 6 atom stereocenters. The number of fused-ring (bicyclic) bond motifs is 2. The Bertz CT molecular complexity index is 3140. The number of amides is 4. The van der Waals surface area contributed by atoms with Crippen LogP contribution in [0.15, 0.2) is 70.3 Å². The molecule has 0 saturated carbocycles. The van der Waals surface area contributed by atoms with E-state index in [0.29, 0.717) is 69.7 Å². The lowest BCUT2D eigenvalue weighted by Crippen LogP contribution is -2.63. The minimum absolute atomic E-state index is 0.0209. The number of pyridine rings is 2. The van der Waals surface area contributed by atoms with Crippen LogP contribution in [0.1, 0.15) is 171 Å².